The number of para-hydroxylation sites is 2. The molecule has 0 unspecified atom stereocenters. The first-order valence-corrected chi connectivity index (χ1v) is 16.6. The summed E-state index contributed by atoms with van der Waals surface area (Å²) in [5, 5.41) is 33.5. The van der Waals surface area contributed by atoms with Crippen LogP contribution in [0.3, 0.4) is 0 Å². The van der Waals surface area contributed by atoms with Gasteiger partial charge in [-0.2, -0.15) is 15.8 Å². The van der Waals surface area contributed by atoms with Crippen molar-refractivity contribution < 1.29 is 0 Å². The van der Waals surface area contributed by atoms with E-state index in [4.69, 9.17) is 0 Å². The van der Waals surface area contributed by atoms with E-state index < -0.39 is 0 Å². The van der Waals surface area contributed by atoms with Crippen LogP contribution in [-0.4, -0.2) is 9.13 Å². The summed E-state index contributed by atoms with van der Waals surface area (Å²) in [6.07, 6.45) is 6.31. The van der Waals surface area contributed by atoms with Crippen LogP contribution < -0.4 is 0 Å². The van der Waals surface area contributed by atoms with Crippen molar-refractivity contribution in [2.75, 3.05) is 0 Å². The molecule has 232 valence electrons. The van der Waals surface area contributed by atoms with Crippen molar-refractivity contribution in [2.45, 2.75) is 12.8 Å². The molecule has 8 aromatic rings. The van der Waals surface area contributed by atoms with Crippen LogP contribution in [0.4, 0.5) is 0 Å². The minimum atomic E-state index is 0.553. The lowest BCUT2D eigenvalue weighted by atomic mass is 9.91. The van der Waals surface area contributed by atoms with Crippen LogP contribution in [-0.2, 0) is 6.42 Å². The number of hydrogen-bond donors (Lipinski definition) is 0. The van der Waals surface area contributed by atoms with Crippen LogP contribution >= 0.6 is 0 Å². The van der Waals surface area contributed by atoms with Gasteiger partial charge >= 0.3 is 0 Å². The van der Waals surface area contributed by atoms with Crippen LogP contribution in [0.5, 0.6) is 0 Å². The van der Waals surface area contributed by atoms with Crippen LogP contribution in [0.2, 0.25) is 0 Å². The second-order valence-electron chi connectivity index (χ2n) is 12.6. The fourth-order valence-corrected chi connectivity index (χ4v) is 7.72. The molecule has 5 heteroatoms. The van der Waals surface area contributed by atoms with E-state index >= 15 is 0 Å². The van der Waals surface area contributed by atoms with Gasteiger partial charge in [-0.25, -0.2) is 0 Å². The Hall–Kier alpha value is -7.13. The third-order valence-corrected chi connectivity index (χ3v) is 9.90. The largest absolute Gasteiger partial charge is 0.312 e. The molecule has 0 saturated carbocycles. The predicted molar refractivity (Wildman–Crippen MR) is 200 cm³/mol. The molecule has 0 aliphatic heterocycles. The van der Waals surface area contributed by atoms with E-state index in [2.05, 4.69) is 100 Å². The van der Waals surface area contributed by atoms with Crippen molar-refractivity contribution in [1.29, 1.82) is 15.8 Å². The molecule has 5 nitrogen and oxygen atoms in total. The molecule has 1 aliphatic carbocycles. The molecule has 0 N–H and O–H groups in total. The molecular weight excluding hydrogens is 611 g/mol. The van der Waals surface area contributed by atoms with Crippen molar-refractivity contribution >= 4 is 38.8 Å². The summed E-state index contributed by atoms with van der Waals surface area (Å²) in [6.45, 7) is 0. The summed E-state index contributed by atoms with van der Waals surface area (Å²) < 4.78 is 4.48. The number of aromatic nitrogens is 2. The van der Waals surface area contributed by atoms with Crippen molar-refractivity contribution in [1.82, 2.24) is 9.13 Å². The van der Waals surface area contributed by atoms with Gasteiger partial charge in [0.2, 0.25) is 0 Å². The van der Waals surface area contributed by atoms with Crippen molar-refractivity contribution in [2.24, 2.45) is 0 Å². The lowest BCUT2D eigenvalue weighted by molar-refractivity contribution is 0.887. The quantitative estimate of drug-likeness (QED) is 0.193. The maximum Gasteiger partial charge on any atom is 0.101 e. The van der Waals surface area contributed by atoms with E-state index in [0.717, 1.165) is 73.8 Å². The Bertz CT molecular complexity index is 2860. The smallest absolute Gasteiger partial charge is 0.101 e. The minimum Gasteiger partial charge on any atom is -0.312 e. The molecule has 2 aromatic heterocycles. The molecule has 0 radical (unpaired) electrons. The summed E-state index contributed by atoms with van der Waals surface area (Å²) in [5.74, 6) is 0. The van der Waals surface area contributed by atoms with E-state index in [-0.39, 0.29) is 0 Å². The summed E-state index contributed by atoms with van der Waals surface area (Å²) in [6, 6.07) is 49.7. The number of rotatable bonds is 4. The highest BCUT2D eigenvalue weighted by molar-refractivity contribution is 6.10. The van der Waals surface area contributed by atoms with Gasteiger partial charge in [0.15, 0.2) is 0 Å². The Morgan fingerprint density at radius 3 is 1.96 bits per heavy atom. The van der Waals surface area contributed by atoms with E-state index in [1.807, 2.05) is 66.7 Å². The number of nitriles is 3. The molecular formula is C45H27N5. The predicted octanol–water partition coefficient (Wildman–Crippen LogP) is 10.6. The number of fused-ring (bicyclic) bond motifs is 6. The lowest BCUT2D eigenvalue weighted by Crippen LogP contribution is -2.05. The molecule has 0 saturated heterocycles. The van der Waals surface area contributed by atoms with Gasteiger partial charge in [0.05, 0.1) is 56.8 Å². The molecule has 0 amide bonds. The molecule has 2 heterocycles. The van der Waals surface area contributed by atoms with E-state index in [1.54, 1.807) is 0 Å². The van der Waals surface area contributed by atoms with Gasteiger partial charge in [0, 0.05) is 33.0 Å². The van der Waals surface area contributed by atoms with Crippen LogP contribution in [0, 0.1) is 34.0 Å². The van der Waals surface area contributed by atoms with Gasteiger partial charge < -0.3 is 9.13 Å². The summed E-state index contributed by atoms with van der Waals surface area (Å²) >= 11 is 0. The molecule has 0 fully saturated rings. The van der Waals surface area contributed by atoms with Crippen molar-refractivity contribution in [3.63, 3.8) is 0 Å². The Balaban J connectivity index is 1.26. The zero-order valence-electron chi connectivity index (χ0n) is 26.9. The topological polar surface area (TPSA) is 81.2 Å². The highest BCUT2D eigenvalue weighted by Gasteiger charge is 2.22. The summed E-state index contributed by atoms with van der Waals surface area (Å²) in [7, 11) is 0. The number of allylic oxidation sites excluding steroid dienone is 1. The van der Waals surface area contributed by atoms with Gasteiger partial charge in [-0.05, 0) is 90.2 Å². The number of benzene rings is 6. The fourth-order valence-electron chi connectivity index (χ4n) is 7.72. The third kappa shape index (κ3) is 4.37. The first-order chi connectivity index (χ1) is 24.7. The highest BCUT2D eigenvalue weighted by atomic mass is 15.0. The van der Waals surface area contributed by atoms with E-state index in [1.165, 1.54) is 16.6 Å². The van der Waals surface area contributed by atoms with Crippen LogP contribution in [0.25, 0.3) is 72.4 Å². The van der Waals surface area contributed by atoms with Gasteiger partial charge in [-0.3, -0.25) is 0 Å². The zero-order valence-corrected chi connectivity index (χ0v) is 26.9. The van der Waals surface area contributed by atoms with Crippen LogP contribution in [0.15, 0.2) is 133 Å². The summed E-state index contributed by atoms with van der Waals surface area (Å²) in [5.41, 5.74) is 12.8. The Morgan fingerprint density at radius 2 is 1.16 bits per heavy atom. The van der Waals surface area contributed by atoms with E-state index in [9.17, 15) is 15.8 Å². The average Bonchev–Trinajstić information content (AvgIpc) is 3.70. The Kier molecular flexibility index (Phi) is 6.70. The first kappa shape index (κ1) is 29.0. The van der Waals surface area contributed by atoms with Crippen LogP contribution in [0.1, 0.15) is 34.4 Å². The fraction of sp³-hybridized carbons (Fsp3) is 0.0444. The molecule has 0 spiro atoms. The third-order valence-electron chi connectivity index (χ3n) is 9.90. The first-order valence-electron chi connectivity index (χ1n) is 16.6. The second-order valence-corrected chi connectivity index (χ2v) is 12.6. The van der Waals surface area contributed by atoms with Gasteiger partial charge in [0.1, 0.15) is 6.07 Å². The van der Waals surface area contributed by atoms with Gasteiger partial charge in [-0.1, -0.05) is 78.9 Å². The molecule has 0 bridgehead atoms. The normalized spacial score (nSPS) is 12.1. The van der Waals surface area contributed by atoms with E-state index in [0.29, 0.717) is 16.7 Å². The molecule has 50 heavy (non-hydrogen) atoms. The lowest BCUT2D eigenvalue weighted by Gasteiger charge is -2.19. The zero-order chi connectivity index (χ0) is 33.8. The second kappa shape index (κ2) is 11.5. The summed E-state index contributed by atoms with van der Waals surface area (Å²) in [4.78, 5) is 0. The highest BCUT2D eigenvalue weighted by Crippen LogP contribution is 2.41. The maximum absolute atomic E-state index is 10.6. The molecule has 9 rings (SSSR count). The Morgan fingerprint density at radius 1 is 0.500 bits per heavy atom. The number of hydrogen-bond acceptors (Lipinski definition) is 3. The van der Waals surface area contributed by atoms with Crippen molar-refractivity contribution in [3.8, 4) is 51.8 Å². The molecule has 1 aliphatic rings. The number of nitrogens with zero attached hydrogens (tertiary/aromatic N) is 5. The maximum atomic E-state index is 10.6. The Labute approximate surface area is 289 Å². The average molecular weight is 638 g/mol. The van der Waals surface area contributed by atoms with Gasteiger partial charge in [-0.15, -0.1) is 0 Å². The monoisotopic (exact) mass is 637 g/mol. The molecule has 6 aromatic carbocycles. The molecule has 0 atom stereocenters. The van der Waals surface area contributed by atoms with Crippen molar-refractivity contribution in [3.05, 3.63) is 161 Å². The SMILES string of the molecule is N#Cc1ccc(-n2c3ccccc3c3cc(C#N)ccc32)c(-c2ccccc2-c2ccc(-n3c4c(c5ccccc53)C=CCC4)c(C#N)c2)c1. The van der Waals surface area contributed by atoms with Gasteiger partial charge in [0.25, 0.3) is 0 Å². The minimum absolute atomic E-state index is 0.553. The standard InChI is InChI=1S/C45H27N5/c46-26-29-17-20-44(50-43-16-8-5-13-37(43)39-24-30(27-47)18-21-45(39)50)38(23-29)34-10-2-1-9-33(34)31-19-22-40(32(25-31)28-48)49-41-14-6-3-11-35(41)36-12-4-7-15-42(36)49/h1-6,8-14,16-25H,7,15H2.